The lowest BCUT2D eigenvalue weighted by atomic mass is 10.1. The van der Waals surface area contributed by atoms with Crippen LogP contribution >= 0.6 is 0 Å². The molecule has 1 aromatic carbocycles. The minimum atomic E-state index is 0.563. The molecule has 0 aliphatic heterocycles. The van der Waals surface area contributed by atoms with Gasteiger partial charge >= 0.3 is 0 Å². The zero-order valence-electron chi connectivity index (χ0n) is 10.1. The average Bonchev–Trinajstić information content (AvgIpc) is 2.76. The van der Waals surface area contributed by atoms with Crippen LogP contribution in [0.15, 0.2) is 30.6 Å². The number of benzene rings is 1. The molecule has 3 heteroatoms. The van der Waals surface area contributed by atoms with Gasteiger partial charge in [0.1, 0.15) is 12.1 Å². The first kappa shape index (κ1) is 10.5. The number of rotatable bonds is 2. The Labute approximate surface area is 101 Å². The third kappa shape index (κ3) is 1.97. The maximum atomic E-state index is 4.38. The molecule has 1 aromatic heterocycles. The zero-order valence-corrected chi connectivity index (χ0v) is 10.1. The van der Waals surface area contributed by atoms with E-state index in [0.29, 0.717) is 6.04 Å². The molecular formula is C14H17N3. The van der Waals surface area contributed by atoms with E-state index in [-0.39, 0.29) is 0 Å². The van der Waals surface area contributed by atoms with Gasteiger partial charge in [-0.3, -0.25) is 0 Å². The van der Waals surface area contributed by atoms with Crippen LogP contribution < -0.4 is 5.32 Å². The molecule has 0 radical (unpaired) electrons. The molecule has 3 nitrogen and oxygen atoms in total. The van der Waals surface area contributed by atoms with Gasteiger partial charge in [0.05, 0.1) is 5.52 Å². The van der Waals surface area contributed by atoms with Gasteiger partial charge in [0, 0.05) is 11.4 Å². The van der Waals surface area contributed by atoms with Crippen molar-refractivity contribution in [2.24, 2.45) is 5.92 Å². The van der Waals surface area contributed by atoms with Crippen molar-refractivity contribution < 1.29 is 0 Å². The lowest BCUT2D eigenvalue weighted by molar-refractivity contribution is 0.555. The second kappa shape index (κ2) is 4.32. The number of nitrogens with one attached hydrogen (secondary N) is 1. The van der Waals surface area contributed by atoms with E-state index in [9.17, 15) is 0 Å². The summed E-state index contributed by atoms with van der Waals surface area (Å²) in [5, 5.41) is 4.70. The highest BCUT2D eigenvalue weighted by Crippen LogP contribution is 2.29. The van der Waals surface area contributed by atoms with E-state index in [2.05, 4.69) is 28.3 Å². The molecule has 17 heavy (non-hydrogen) atoms. The fraction of sp³-hybridized carbons (Fsp3) is 0.429. The Hall–Kier alpha value is -1.64. The number of hydrogen-bond donors (Lipinski definition) is 1. The normalized spacial score (nSPS) is 24.1. The number of hydrogen-bond acceptors (Lipinski definition) is 3. The van der Waals surface area contributed by atoms with Crippen LogP contribution in [0.25, 0.3) is 10.9 Å². The van der Waals surface area contributed by atoms with Gasteiger partial charge in [0.25, 0.3) is 0 Å². The number of para-hydroxylation sites is 1. The standard InChI is InChI=1S/C14H17N3/c1-10-5-4-8-12(10)17-14-11-6-2-3-7-13(11)15-9-16-14/h2-3,6-7,9-10,12H,4-5,8H2,1H3,(H,15,16,17). The summed E-state index contributed by atoms with van der Waals surface area (Å²) in [7, 11) is 0. The van der Waals surface area contributed by atoms with Crippen LogP contribution in [-0.2, 0) is 0 Å². The van der Waals surface area contributed by atoms with E-state index in [4.69, 9.17) is 0 Å². The third-order valence-corrected chi connectivity index (χ3v) is 3.73. The number of aromatic nitrogens is 2. The highest BCUT2D eigenvalue weighted by molar-refractivity contribution is 5.88. The van der Waals surface area contributed by atoms with E-state index < -0.39 is 0 Å². The van der Waals surface area contributed by atoms with Gasteiger partial charge < -0.3 is 5.32 Å². The van der Waals surface area contributed by atoms with E-state index in [1.165, 1.54) is 19.3 Å². The van der Waals surface area contributed by atoms with Gasteiger partial charge in [-0.15, -0.1) is 0 Å². The topological polar surface area (TPSA) is 37.8 Å². The average molecular weight is 227 g/mol. The first-order chi connectivity index (χ1) is 8.34. The fourth-order valence-corrected chi connectivity index (χ4v) is 2.66. The van der Waals surface area contributed by atoms with E-state index in [1.54, 1.807) is 6.33 Å². The lowest BCUT2D eigenvalue weighted by Crippen LogP contribution is -2.22. The molecule has 1 saturated carbocycles. The Morgan fingerprint density at radius 1 is 1.18 bits per heavy atom. The molecule has 3 rings (SSSR count). The summed E-state index contributed by atoms with van der Waals surface area (Å²) in [6, 6.07) is 8.72. The Morgan fingerprint density at radius 3 is 2.88 bits per heavy atom. The largest absolute Gasteiger partial charge is 0.366 e. The van der Waals surface area contributed by atoms with Crippen LogP contribution in [0.1, 0.15) is 26.2 Å². The molecule has 1 aliphatic carbocycles. The van der Waals surface area contributed by atoms with Gasteiger partial charge in [0.15, 0.2) is 0 Å². The molecule has 88 valence electrons. The van der Waals surface area contributed by atoms with Crippen molar-refractivity contribution in [2.75, 3.05) is 5.32 Å². The Balaban J connectivity index is 1.94. The lowest BCUT2D eigenvalue weighted by Gasteiger charge is -2.18. The predicted molar refractivity (Wildman–Crippen MR) is 70.0 cm³/mol. The molecule has 2 atom stereocenters. The highest BCUT2D eigenvalue weighted by atomic mass is 15.0. The van der Waals surface area contributed by atoms with Gasteiger partial charge in [-0.25, -0.2) is 9.97 Å². The van der Waals surface area contributed by atoms with Crippen LogP contribution in [0.5, 0.6) is 0 Å². The van der Waals surface area contributed by atoms with Crippen molar-refractivity contribution in [3.05, 3.63) is 30.6 Å². The smallest absolute Gasteiger partial charge is 0.137 e. The van der Waals surface area contributed by atoms with Crippen molar-refractivity contribution >= 4 is 16.7 Å². The van der Waals surface area contributed by atoms with Gasteiger partial charge in [-0.2, -0.15) is 0 Å². The second-order valence-corrected chi connectivity index (χ2v) is 4.90. The van der Waals surface area contributed by atoms with Gasteiger partial charge in [0.2, 0.25) is 0 Å². The van der Waals surface area contributed by atoms with Crippen molar-refractivity contribution in [1.82, 2.24) is 9.97 Å². The van der Waals surface area contributed by atoms with Crippen LogP contribution in [0.3, 0.4) is 0 Å². The molecule has 0 saturated heterocycles. The molecule has 0 spiro atoms. The van der Waals surface area contributed by atoms with Crippen LogP contribution in [0.2, 0.25) is 0 Å². The number of fused-ring (bicyclic) bond motifs is 1. The summed E-state index contributed by atoms with van der Waals surface area (Å²) < 4.78 is 0. The zero-order chi connectivity index (χ0) is 11.7. The minimum Gasteiger partial charge on any atom is -0.366 e. The van der Waals surface area contributed by atoms with E-state index in [0.717, 1.165) is 22.6 Å². The SMILES string of the molecule is CC1CCCC1Nc1ncnc2ccccc12. The van der Waals surface area contributed by atoms with Crippen molar-refractivity contribution in [3.8, 4) is 0 Å². The molecule has 2 aromatic rings. The molecule has 0 bridgehead atoms. The maximum absolute atomic E-state index is 4.38. The highest BCUT2D eigenvalue weighted by Gasteiger charge is 2.23. The van der Waals surface area contributed by atoms with Crippen molar-refractivity contribution in [3.63, 3.8) is 0 Å². The first-order valence-electron chi connectivity index (χ1n) is 6.31. The molecule has 1 N–H and O–H groups in total. The summed E-state index contributed by atoms with van der Waals surface area (Å²) in [6.07, 6.45) is 5.53. The fourth-order valence-electron chi connectivity index (χ4n) is 2.66. The van der Waals surface area contributed by atoms with Gasteiger partial charge in [-0.1, -0.05) is 25.5 Å². The molecule has 1 aliphatic rings. The maximum Gasteiger partial charge on any atom is 0.137 e. The third-order valence-electron chi connectivity index (χ3n) is 3.73. The summed E-state index contributed by atoms with van der Waals surface area (Å²) in [5.41, 5.74) is 1.01. The minimum absolute atomic E-state index is 0.563. The number of nitrogens with zero attached hydrogens (tertiary/aromatic N) is 2. The van der Waals surface area contributed by atoms with Crippen LogP contribution in [-0.4, -0.2) is 16.0 Å². The molecule has 1 heterocycles. The van der Waals surface area contributed by atoms with Crippen LogP contribution in [0.4, 0.5) is 5.82 Å². The van der Waals surface area contributed by atoms with Gasteiger partial charge in [-0.05, 0) is 30.9 Å². The van der Waals surface area contributed by atoms with Crippen molar-refractivity contribution in [2.45, 2.75) is 32.2 Å². The Bertz CT molecular complexity index is 518. The van der Waals surface area contributed by atoms with Crippen molar-refractivity contribution in [1.29, 1.82) is 0 Å². The first-order valence-corrected chi connectivity index (χ1v) is 6.31. The Morgan fingerprint density at radius 2 is 2.06 bits per heavy atom. The second-order valence-electron chi connectivity index (χ2n) is 4.90. The molecule has 1 fully saturated rings. The number of anilines is 1. The monoisotopic (exact) mass is 227 g/mol. The van der Waals surface area contributed by atoms with E-state index in [1.807, 2.05) is 18.2 Å². The quantitative estimate of drug-likeness (QED) is 0.856. The van der Waals surface area contributed by atoms with Crippen LogP contribution in [0, 0.1) is 5.92 Å². The molecular weight excluding hydrogens is 210 g/mol. The summed E-state index contributed by atoms with van der Waals surface area (Å²) in [4.78, 5) is 8.67. The summed E-state index contributed by atoms with van der Waals surface area (Å²) >= 11 is 0. The summed E-state index contributed by atoms with van der Waals surface area (Å²) in [6.45, 7) is 2.31. The predicted octanol–water partition coefficient (Wildman–Crippen LogP) is 3.23. The Kier molecular flexibility index (Phi) is 2.67. The van der Waals surface area contributed by atoms with E-state index >= 15 is 0 Å². The summed E-state index contributed by atoms with van der Waals surface area (Å²) in [5.74, 6) is 1.72. The molecule has 2 unspecified atom stereocenters. The molecule has 0 amide bonds.